The molecule has 0 heterocycles. The standard InChI is InChI=1S/C19H31NO3/c1-6-10-11-16(20(7-2)8-3)19(21)15-12-13-17(22-5)18(14-15)23-9-4/h12-14,16H,6-11H2,1-5H3. The summed E-state index contributed by atoms with van der Waals surface area (Å²) in [5.74, 6) is 1.47. The molecule has 1 rings (SSSR count). The summed E-state index contributed by atoms with van der Waals surface area (Å²) in [6.45, 7) is 10.6. The van der Waals surface area contributed by atoms with Gasteiger partial charge in [-0.05, 0) is 44.6 Å². The van der Waals surface area contributed by atoms with Crippen LogP contribution in [0.25, 0.3) is 0 Å². The van der Waals surface area contributed by atoms with E-state index >= 15 is 0 Å². The molecule has 0 spiro atoms. The Balaban J connectivity index is 3.08. The van der Waals surface area contributed by atoms with Gasteiger partial charge in [-0.25, -0.2) is 0 Å². The predicted molar refractivity (Wildman–Crippen MR) is 94.7 cm³/mol. The van der Waals surface area contributed by atoms with Crippen LogP contribution in [0, 0.1) is 0 Å². The Bertz CT molecular complexity index is 484. The van der Waals surface area contributed by atoms with Crippen LogP contribution >= 0.6 is 0 Å². The minimum Gasteiger partial charge on any atom is -0.493 e. The fourth-order valence-electron chi connectivity index (χ4n) is 2.83. The number of unbranched alkanes of at least 4 members (excludes halogenated alkanes) is 1. The maximum Gasteiger partial charge on any atom is 0.180 e. The predicted octanol–water partition coefficient (Wildman–Crippen LogP) is 4.18. The molecule has 1 aromatic rings. The SMILES string of the molecule is CCCCC(C(=O)c1ccc(OC)c(OCC)c1)N(CC)CC. The Hall–Kier alpha value is -1.55. The summed E-state index contributed by atoms with van der Waals surface area (Å²) in [5.41, 5.74) is 0.697. The van der Waals surface area contributed by atoms with Gasteiger partial charge in [-0.1, -0.05) is 33.6 Å². The number of likely N-dealkylation sites (N-methyl/N-ethyl adjacent to an activating group) is 1. The molecule has 0 saturated carbocycles. The van der Waals surface area contributed by atoms with Gasteiger partial charge < -0.3 is 9.47 Å². The summed E-state index contributed by atoms with van der Waals surface area (Å²) in [5, 5.41) is 0. The highest BCUT2D eigenvalue weighted by Gasteiger charge is 2.25. The monoisotopic (exact) mass is 321 g/mol. The van der Waals surface area contributed by atoms with Gasteiger partial charge >= 0.3 is 0 Å². The Morgan fingerprint density at radius 3 is 2.35 bits per heavy atom. The van der Waals surface area contributed by atoms with Crippen molar-refractivity contribution in [3.63, 3.8) is 0 Å². The van der Waals surface area contributed by atoms with Crippen LogP contribution in [0.3, 0.4) is 0 Å². The molecule has 0 aromatic heterocycles. The van der Waals surface area contributed by atoms with Crippen molar-refractivity contribution in [3.8, 4) is 11.5 Å². The molecule has 0 N–H and O–H groups in total. The third-order valence-corrected chi connectivity index (χ3v) is 4.13. The van der Waals surface area contributed by atoms with E-state index in [4.69, 9.17) is 9.47 Å². The zero-order valence-electron chi connectivity index (χ0n) is 15.2. The molecule has 0 aliphatic heterocycles. The molecule has 0 aliphatic carbocycles. The molecule has 1 aromatic carbocycles. The van der Waals surface area contributed by atoms with Crippen LogP contribution in [-0.2, 0) is 0 Å². The van der Waals surface area contributed by atoms with Crippen molar-refractivity contribution in [2.24, 2.45) is 0 Å². The zero-order chi connectivity index (χ0) is 17.2. The summed E-state index contributed by atoms with van der Waals surface area (Å²) in [6.07, 6.45) is 3.05. The Morgan fingerprint density at radius 1 is 1.13 bits per heavy atom. The van der Waals surface area contributed by atoms with Crippen molar-refractivity contribution in [2.75, 3.05) is 26.8 Å². The van der Waals surface area contributed by atoms with Crippen molar-refractivity contribution in [2.45, 2.75) is 53.0 Å². The van der Waals surface area contributed by atoms with E-state index in [-0.39, 0.29) is 11.8 Å². The number of carbonyl (C=O) groups excluding carboxylic acids is 1. The summed E-state index contributed by atoms with van der Waals surface area (Å²) in [7, 11) is 1.61. The van der Waals surface area contributed by atoms with E-state index in [2.05, 4.69) is 25.7 Å². The van der Waals surface area contributed by atoms with Crippen LogP contribution in [0.2, 0.25) is 0 Å². The Kier molecular flexibility index (Phi) is 8.70. The number of carbonyl (C=O) groups is 1. The average Bonchev–Trinajstić information content (AvgIpc) is 2.58. The number of nitrogens with zero attached hydrogens (tertiary/aromatic N) is 1. The third-order valence-electron chi connectivity index (χ3n) is 4.13. The third kappa shape index (κ3) is 5.24. The topological polar surface area (TPSA) is 38.8 Å². The molecule has 4 nitrogen and oxygen atoms in total. The Morgan fingerprint density at radius 2 is 1.83 bits per heavy atom. The number of Topliss-reactive ketones (excluding diaryl/α,β-unsaturated/α-hetero) is 1. The van der Waals surface area contributed by atoms with Crippen LogP contribution in [0.4, 0.5) is 0 Å². The van der Waals surface area contributed by atoms with Crippen molar-refractivity contribution in [3.05, 3.63) is 23.8 Å². The number of hydrogen-bond acceptors (Lipinski definition) is 4. The second-order valence-electron chi connectivity index (χ2n) is 5.54. The highest BCUT2D eigenvalue weighted by molar-refractivity contribution is 6.00. The van der Waals surface area contributed by atoms with Gasteiger partial charge in [0.15, 0.2) is 17.3 Å². The quantitative estimate of drug-likeness (QED) is 0.573. The molecule has 0 saturated heterocycles. The van der Waals surface area contributed by atoms with E-state index in [0.29, 0.717) is 23.7 Å². The van der Waals surface area contributed by atoms with E-state index in [1.165, 1.54) is 0 Å². The fourth-order valence-corrected chi connectivity index (χ4v) is 2.83. The molecular weight excluding hydrogens is 290 g/mol. The molecule has 130 valence electrons. The van der Waals surface area contributed by atoms with Gasteiger partial charge in [0.1, 0.15) is 0 Å². The van der Waals surface area contributed by atoms with Crippen molar-refractivity contribution < 1.29 is 14.3 Å². The summed E-state index contributed by atoms with van der Waals surface area (Å²) in [4.78, 5) is 15.3. The lowest BCUT2D eigenvalue weighted by Crippen LogP contribution is -2.41. The summed E-state index contributed by atoms with van der Waals surface area (Å²) in [6, 6.07) is 5.41. The van der Waals surface area contributed by atoms with Gasteiger partial charge in [-0.3, -0.25) is 9.69 Å². The summed E-state index contributed by atoms with van der Waals surface area (Å²) < 4.78 is 10.9. The lowest BCUT2D eigenvalue weighted by atomic mass is 9.97. The first-order chi connectivity index (χ1) is 11.1. The number of rotatable bonds is 11. The maximum atomic E-state index is 13.0. The minimum atomic E-state index is -0.0622. The van der Waals surface area contributed by atoms with Gasteiger partial charge in [0.05, 0.1) is 19.8 Å². The molecule has 23 heavy (non-hydrogen) atoms. The van der Waals surface area contributed by atoms with E-state index < -0.39 is 0 Å². The highest BCUT2D eigenvalue weighted by Crippen LogP contribution is 2.29. The van der Waals surface area contributed by atoms with Crippen LogP contribution < -0.4 is 9.47 Å². The first-order valence-corrected chi connectivity index (χ1v) is 8.71. The smallest absolute Gasteiger partial charge is 0.180 e. The number of ketones is 1. The molecule has 4 heteroatoms. The number of ether oxygens (including phenoxy) is 2. The Labute approximate surface area is 140 Å². The largest absolute Gasteiger partial charge is 0.493 e. The molecule has 0 amide bonds. The van der Waals surface area contributed by atoms with Crippen LogP contribution in [0.1, 0.15) is 57.3 Å². The summed E-state index contributed by atoms with van der Waals surface area (Å²) >= 11 is 0. The van der Waals surface area contributed by atoms with Crippen LogP contribution in [-0.4, -0.2) is 43.5 Å². The van der Waals surface area contributed by atoms with E-state index in [1.54, 1.807) is 7.11 Å². The molecular formula is C19H31NO3. The normalized spacial score (nSPS) is 12.3. The average molecular weight is 321 g/mol. The van der Waals surface area contributed by atoms with E-state index in [0.717, 1.165) is 32.4 Å². The molecule has 0 radical (unpaired) electrons. The number of benzene rings is 1. The second kappa shape index (κ2) is 10.3. The minimum absolute atomic E-state index is 0.0622. The lowest BCUT2D eigenvalue weighted by Gasteiger charge is -2.28. The first-order valence-electron chi connectivity index (χ1n) is 8.71. The van der Waals surface area contributed by atoms with Crippen LogP contribution in [0.15, 0.2) is 18.2 Å². The van der Waals surface area contributed by atoms with E-state index in [9.17, 15) is 4.79 Å². The second-order valence-corrected chi connectivity index (χ2v) is 5.54. The fraction of sp³-hybridized carbons (Fsp3) is 0.632. The van der Waals surface area contributed by atoms with Gasteiger partial charge in [0, 0.05) is 5.56 Å². The van der Waals surface area contributed by atoms with Crippen molar-refractivity contribution in [1.82, 2.24) is 4.90 Å². The van der Waals surface area contributed by atoms with Crippen molar-refractivity contribution in [1.29, 1.82) is 0 Å². The first kappa shape index (κ1) is 19.5. The van der Waals surface area contributed by atoms with Gasteiger partial charge in [-0.2, -0.15) is 0 Å². The maximum absolute atomic E-state index is 13.0. The lowest BCUT2D eigenvalue weighted by molar-refractivity contribution is 0.0816. The van der Waals surface area contributed by atoms with Crippen molar-refractivity contribution >= 4 is 5.78 Å². The number of methoxy groups -OCH3 is 1. The molecule has 0 bridgehead atoms. The van der Waals surface area contributed by atoms with Gasteiger partial charge in [-0.15, -0.1) is 0 Å². The van der Waals surface area contributed by atoms with Gasteiger partial charge in [0.2, 0.25) is 0 Å². The highest BCUT2D eigenvalue weighted by atomic mass is 16.5. The number of hydrogen-bond donors (Lipinski definition) is 0. The zero-order valence-corrected chi connectivity index (χ0v) is 15.2. The van der Waals surface area contributed by atoms with Gasteiger partial charge in [0.25, 0.3) is 0 Å². The molecule has 0 aliphatic rings. The molecule has 1 unspecified atom stereocenters. The molecule has 1 atom stereocenters. The molecule has 0 fully saturated rings. The van der Waals surface area contributed by atoms with Crippen LogP contribution in [0.5, 0.6) is 11.5 Å². The van der Waals surface area contributed by atoms with E-state index in [1.807, 2.05) is 25.1 Å².